The Morgan fingerprint density at radius 2 is 1.78 bits per heavy atom. The standard InChI is InChI=1S/C21H26N2O3.ClH/c1-15-6-2-4-8-18(15)26-19-9-5-3-7-17(19)14-23-21(24)20(22)16-10-12-25-13-11-16;/h2-9,16,20H,10-14,22H2,1H3,(H,23,24);1H. The van der Waals surface area contributed by atoms with Crippen molar-refractivity contribution in [1.82, 2.24) is 5.32 Å². The van der Waals surface area contributed by atoms with Gasteiger partial charge in [0, 0.05) is 25.3 Å². The quantitative estimate of drug-likeness (QED) is 0.790. The molecule has 0 saturated carbocycles. The number of hydrogen-bond acceptors (Lipinski definition) is 4. The SMILES string of the molecule is Cc1ccccc1Oc1ccccc1CNC(=O)C(N)C1CCOCC1.Cl. The minimum atomic E-state index is -0.497. The van der Waals surface area contributed by atoms with Gasteiger partial charge in [0.15, 0.2) is 0 Å². The second-order valence-corrected chi connectivity index (χ2v) is 6.67. The largest absolute Gasteiger partial charge is 0.457 e. The first-order valence-electron chi connectivity index (χ1n) is 9.07. The summed E-state index contributed by atoms with van der Waals surface area (Å²) in [6.45, 7) is 3.75. The Morgan fingerprint density at radius 1 is 1.15 bits per heavy atom. The zero-order valence-electron chi connectivity index (χ0n) is 15.5. The van der Waals surface area contributed by atoms with E-state index in [9.17, 15) is 4.79 Å². The van der Waals surface area contributed by atoms with Crippen molar-refractivity contribution in [3.8, 4) is 11.5 Å². The maximum atomic E-state index is 12.4. The minimum absolute atomic E-state index is 0. The van der Waals surface area contributed by atoms with Gasteiger partial charge in [0.05, 0.1) is 6.04 Å². The van der Waals surface area contributed by atoms with Gasteiger partial charge in [-0.05, 0) is 43.4 Å². The number of nitrogens with one attached hydrogen (secondary N) is 1. The van der Waals surface area contributed by atoms with Crippen molar-refractivity contribution in [2.75, 3.05) is 13.2 Å². The Kier molecular flexibility index (Phi) is 8.10. The molecule has 0 bridgehead atoms. The molecule has 0 aliphatic carbocycles. The highest BCUT2D eigenvalue weighted by Gasteiger charge is 2.26. The van der Waals surface area contributed by atoms with Gasteiger partial charge < -0.3 is 20.5 Å². The van der Waals surface area contributed by atoms with Crippen molar-refractivity contribution in [2.45, 2.75) is 32.4 Å². The highest BCUT2D eigenvalue weighted by Crippen LogP contribution is 2.27. The summed E-state index contributed by atoms with van der Waals surface area (Å²) >= 11 is 0. The van der Waals surface area contributed by atoms with Gasteiger partial charge in [0.1, 0.15) is 11.5 Å². The van der Waals surface area contributed by atoms with E-state index in [4.69, 9.17) is 15.2 Å². The van der Waals surface area contributed by atoms with Crippen LogP contribution in [0.4, 0.5) is 0 Å². The molecule has 0 aromatic heterocycles. The van der Waals surface area contributed by atoms with Gasteiger partial charge in [0.2, 0.25) is 5.91 Å². The molecule has 1 atom stereocenters. The van der Waals surface area contributed by atoms with Crippen LogP contribution in [0.1, 0.15) is 24.0 Å². The number of aryl methyl sites for hydroxylation is 1. The summed E-state index contributed by atoms with van der Waals surface area (Å²) in [5.41, 5.74) is 8.12. The van der Waals surface area contributed by atoms with E-state index in [0.29, 0.717) is 19.8 Å². The second kappa shape index (κ2) is 10.3. The second-order valence-electron chi connectivity index (χ2n) is 6.67. The van der Waals surface area contributed by atoms with Gasteiger partial charge in [-0.3, -0.25) is 4.79 Å². The van der Waals surface area contributed by atoms with Crippen molar-refractivity contribution in [3.05, 3.63) is 59.7 Å². The summed E-state index contributed by atoms with van der Waals surface area (Å²) < 4.78 is 11.4. The Balaban J connectivity index is 0.00000261. The number of hydrogen-bond donors (Lipinski definition) is 2. The highest BCUT2D eigenvalue weighted by atomic mass is 35.5. The summed E-state index contributed by atoms with van der Waals surface area (Å²) in [6, 6.07) is 15.1. The maximum absolute atomic E-state index is 12.4. The van der Waals surface area contributed by atoms with Crippen LogP contribution in [0.15, 0.2) is 48.5 Å². The molecule has 1 amide bonds. The first-order valence-corrected chi connectivity index (χ1v) is 9.07. The van der Waals surface area contributed by atoms with E-state index in [-0.39, 0.29) is 24.2 Å². The summed E-state index contributed by atoms with van der Waals surface area (Å²) in [5.74, 6) is 1.61. The lowest BCUT2D eigenvalue weighted by Crippen LogP contribution is -2.46. The minimum Gasteiger partial charge on any atom is -0.457 e. The van der Waals surface area contributed by atoms with E-state index in [1.165, 1.54) is 0 Å². The summed E-state index contributed by atoms with van der Waals surface area (Å²) in [4.78, 5) is 12.4. The monoisotopic (exact) mass is 390 g/mol. The molecular weight excluding hydrogens is 364 g/mol. The summed E-state index contributed by atoms with van der Waals surface area (Å²) in [5, 5.41) is 2.95. The van der Waals surface area contributed by atoms with Gasteiger partial charge in [0.25, 0.3) is 0 Å². The molecular formula is C21H27ClN2O3. The first kappa shape index (κ1) is 21.2. The molecule has 3 rings (SSSR count). The molecule has 0 spiro atoms. The molecule has 146 valence electrons. The number of carbonyl (C=O) groups excluding carboxylic acids is 1. The van der Waals surface area contributed by atoms with Crippen molar-refractivity contribution in [2.24, 2.45) is 11.7 Å². The fourth-order valence-electron chi connectivity index (χ4n) is 3.13. The van der Waals surface area contributed by atoms with Gasteiger partial charge in [-0.25, -0.2) is 0 Å². The molecule has 1 aliphatic rings. The molecule has 1 saturated heterocycles. The number of amides is 1. The molecule has 2 aromatic rings. The van der Waals surface area contributed by atoms with Gasteiger partial charge in [-0.2, -0.15) is 0 Å². The third-order valence-corrected chi connectivity index (χ3v) is 4.82. The van der Waals surface area contributed by atoms with E-state index in [1.807, 2.05) is 55.5 Å². The molecule has 6 heteroatoms. The van der Waals surface area contributed by atoms with Crippen LogP contribution in [0, 0.1) is 12.8 Å². The Hall–Kier alpha value is -2.08. The Morgan fingerprint density at radius 3 is 2.48 bits per heavy atom. The van der Waals surface area contributed by atoms with E-state index in [0.717, 1.165) is 35.5 Å². The topological polar surface area (TPSA) is 73.6 Å². The van der Waals surface area contributed by atoms with E-state index in [2.05, 4.69) is 5.32 Å². The van der Waals surface area contributed by atoms with E-state index in [1.54, 1.807) is 0 Å². The zero-order chi connectivity index (χ0) is 18.4. The fraction of sp³-hybridized carbons (Fsp3) is 0.381. The van der Waals surface area contributed by atoms with E-state index < -0.39 is 6.04 Å². The molecule has 5 nitrogen and oxygen atoms in total. The first-order chi connectivity index (χ1) is 12.6. The number of nitrogens with two attached hydrogens (primary N) is 1. The molecule has 27 heavy (non-hydrogen) atoms. The van der Waals surface area contributed by atoms with Crippen LogP contribution in [0.25, 0.3) is 0 Å². The average Bonchev–Trinajstić information content (AvgIpc) is 2.69. The van der Waals surface area contributed by atoms with Crippen LogP contribution < -0.4 is 15.8 Å². The van der Waals surface area contributed by atoms with Crippen molar-refractivity contribution < 1.29 is 14.3 Å². The Bertz CT molecular complexity index is 748. The van der Waals surface area contributed by atoms with Crippen molar-refractivity contribution in [3.63, 3.8) is 0 Å². The summed E-state index contributed by atoms with van der Waals surface area (Å²) in [6.07, 6.45) is 1.67. The van der Waals surface area contributed by atoms with Gasteiger partial charge in [-0.1, -0.05) is 36.4 Å². The zero-order valence-corrected chi connectivity index (χ0v) is 16.3. The van der Waals surface area contributed by atoms with Gasteiger partial charge >= 0.3 is 0 Å². The summed E-state index contributed by atoms with van der Waals surface area (Å²) in [7, 11) is 0. The Labute approximate surface area is 166 Å². The molecule has 1 aliphatic heterocycles. The third-order valence-electron chi connectivity index (χ3n) is 4.82. The van der Waals surface area contributed by atoms with Crippen molar-refractivity contribution >= 4 is 18.3 Å². The normalized spacial score (nSPS) is 15.5. The number of carbonyl (C=O) groups is 1. The average molecular weight is 391 g/mol. The fourth-order valence-corrected chi connectivity index (χ4v) is 3.13. The number of benzene rings is 2. The van der Waals surface area contributed by atoms with Crippen LogP contribution in [0.2, 0.25) is 0 Å². The molecule has 3 N–H and O–H groups in total. The van der Waals surface area contributed by atoms with Gasteiger partial charge in [-0.15, -0.1) is 12.4 Å². The molecule has 1 heterocycles. The predicted molar refractivity (Wildman–Crippen MR) is 108 cm³/mol. The van der Waals surface area contributed by atoms with Crippen LogP contribution in [0.5, 0.6) is 11.5 Å². The number of ether oxygens (including phenoxy) is 2. The smallest absolute Gasteiger partial charge is 0.237 e. The van der Waals surface area contributed by atoms with Crippen molar-refractivity contribution in [1.29, 1.82) is 0 Å². The van der Waals surface area contributed by atoms with Crippen LogP contribution >= 0.6 is 12.4 Å². The number of para-hydroxylation sites is 2. The predicted octanol–water partition coefficient (Wildman–Crippen LogP) is 3.58. The maximum Gasteiger partial charge on any atom is 0.237 e. The van der Waals surface area contributed by atoms with Crippen LogP contribution in [0.3, 0.4) is 0 Å². The molecule has 1 unspecified atom stereocenters. The number of rotatable bonds is 6. The molecule has 0 radical (unpaired) electrons. The van der Waals surface area contributed by atoms with Crippen LogP contribution in [-0.4, -0.2) is 25.2 Å². The third kappa shape index (κ3) is 5.70. The molecule has 2 aromatic carbocycles. The highest BCUT2D eigenvalue weighted by molar-refractivity contribution is 5.85. The lowest BCUT2D eigenvalue weighted by atomic mass is 9.92. The lowest BCUT2D eigenvalue weighted by molar-refractivity contribution is -0.124. The number of halogens is 1. The molecule has 1 fully saturated rings. The van der Waals surface area contributed by atoms with Crippen LogP contribution in [-0.2, 0) is 16.1 Å². The van der Waals surface area contributed by atoms with E-state index >= 15 is 0 Å². The lowest BCUT2D eigenvalue weighted by Gasteiger charge is -2.26.